The fourth-order valence-electron chi connectivity index (χ4n) is 1.30. The van der Waals surface area contributed by atoms with Crippen LogP contribution >= 0.6 is 0 Å². The quantitative estimate of drug-likeness (QED) is 0.363. The first-order valence-corrected chi connectivity index (χ1v) is 2.88. The van der Waals surface area contributed by atoms with Crippen molar-refractivity contribution in [1.82, 2.24) is 0 Å². The number of hydrogen-bond acceptors (Lipinski definition) is 4. The maximum atomic E-state index is 9.17. The van der Waals surface area contributed by atoms with E-state index in [1.807, 2.05) is 0 Å². The molecule has 0 amide bonds. The Morgan fingerprint density at radius 2 is 2.11 bits per heavy atom. The van der Waals surface area contributed by atoms with Gasteiger partial charge in [0.25, 0.3) is 0 Å². The molecule has 3 N–H and O–H groups in total. The minimum atomic E-state index is -1.13. The van der Waals surface area contributed by atoms with E-state index >= 15 is 0 Å². The van der Waals surface area contributed by atoms with Crippen LogP contribution in [0.5, 0.6) is 0 Å². The van der Waals surface area contributed by atoms with Gasteiger partial charge < -0.3 is 20.1 Å². The average molecular weight is 132 g/mol. The molecule has 0 aromatic carbocycles. The van der Waals surface area contributed by atoms with Gasteiger partial charge in [-0.1, -0.05) is 0 Å². The summed E-state index contributed by atoms with van der Waals surface area (Å²) in [5.74, 6) is 0. The van der Waals surface area contributed by atoms with Crippen molar-refractivity contribution in [1.29, 1.82) is 0 Å². The monoisotopic (exact) mass is 132 g/mol. The third-order valence-electron chi connectivity index (χ3n) is 1.99. The Hall–Kier alpha value is -0.160. The van der Waals surface area contributed by atoms with Crippen LogP contribution in [0.1, 0.15) is 6.42 Å². The largest absolute Gasteiger partial charge is 0.387 e. The number of aliphatic hydroxyl groups excluding tert-OH is 2. The SMILES string of the molecule is OC1[C@H]2O[C@H](O)C[C@]12O. The molecular formula is C5H8O4. The first-order chi connectivity index (χ1) is 4.14. The first-order valence-electron chi connectivity index (χ1n) is 2.88. The molecule has 0 radical (unpaired) electrons. The first kappa shape index (κ1) is 5.61. The Labute approximate surface area is 51.7 Å². The molecule has 2 aliphatic rings. The summed E-state index contributed by atoms with van der Waals surface area (Å²) in [4.78, 5) is 0. The summed E-state index contributed by atoms with van der Waals surface area (Å²) in [7, 11) is 0. The molecule has 1 saturated carbocycles. The topological polar surface area (TPSA) is 69.9 Å². The van der Waals surface area contributed by atoms with Crippen LogP contribution in [0, 0.1) is 0 Å². The fourth-order valence-corrected chi connectivity index (χ4v) is 1.30. The molecule has 52 valence electrons. The molecule has 9 heavy (non-hydrogen) atoms. The standard InChI is InChI=1S/C5H8O4/c6-2-1-5(8)3(7)4(5)9-2/h2-4,6-8H,1H2/t2-,3?,4+,5-/m0/s1. The van der Waals surface area contributed by atoms with Gasteiger partial charge >= 0.3 is 0 Å². The van der Waals surface area contributed by atoms with Crippen LogP contribution in [-0.2, 0) is 4.74 Å². The van der Waals surface area contributed by atoms with Gasteiger partial charge in [-0.25, -0.2) is 0 Å². The minimum Gasteiger partial charge on any atom is -0.387 e. The zero-order chi connectivity index (χ0) is 6.65. The van der Waals surface area contributed by atoms with Gasteiger partial charge in [0.2, 0.25) is 0 Å². The lowest BCUT2D eigenvalue weighted by Crippen LogP contribution is -2.19. The van der Waals surface area contributed by atoms with Gasteiger partial charge in [0.05, 0.1) is 0 Å². The molecule has 4 nitrogen and oxygen atoms in total. The molecule has 1 saturated heterocycles. The highest BCUT2D eigenvalue weighted by Gasteiger charge is 2.70. The van der Waals surface area contributed by atoms with Crippen LogP contribution in [0.3, 0.4) is 0 Å². The number of rotatable bonds is 0. The number of ether oxygens (including phenoxy) is 1. The normalized spacial score (nSPS) is 63.7. The number of hydrogen-bond donors (Lipinski definition) is 3. The van der Waals surface area contributed by atoms with Crippen molar-refractivity contribution in [2.24, 2.45) is 0 Å². The van der Waals surface area contributed by atoms with E-state index in [2.05, 4.69) is 0 Å². The smallest absolute Gasteiger partial charge is 0.158 e. The molecule has 0 aromatic heterocycles. The molecule has 2 fully saturated rings. The molecular weight excluding hydrogens is 124 g/mol. The Morgan fingerprint density at radius 1 is 1.44 bits per heavy atom. The summed E-state index contributed by atoms with van der Waals surface area (Å²) < 4.78 is 4.71. The van der Waals surface area contributed by atoms with Crippen molar-refractivity contribution >= 4 is 0 Å². The summed E-state index contributed by atoms with van der Waals surface area (Å²) in [5, 5.41) is 26.7. The zero-order valence-corrected chi connectivity index (χ0v) is 4.69. The van der Waals surface area contributed by atoms with Crippen LogP contribution in [0.25, 0.3) is 0 Å². The van der Waals surface area contributed by atoms with Crippen LogP contribution in [0.2, 0.25) is 0 Å². The predicted octanol–water partition coefficient (Wildman–Crippen LogP) is -1.80. The highest BCUT2D eigenvalue weighted by atomic mass is 16.7. The Morgan fingerprint density at radius 3 is 2.44 bits per heavy atom. The highest BCUT2D eigenvalue weighted by Crippen LogP contribution is 2.49. The van der Waals surface area contributed by atoms with E-state index in [1.54, 1.807) is 0 Å². The average Bonchev–Trinajstić information content (AvgIpc) is 2.23. The molecule has 0 spiro atoms. The number of fused-ring (bicyclic) bond motifs is 1. The van der Waals surface area contributed by atoms with Crippen molar-refractivity contribution in [2.45, 2.75) is 30.5 Å². The maximum absolute atomic E-state index is 9.17. The van der Waals surface area contributed by atoms with Gasteiger partial charge in [0.1, 0.15) is 17.8 Å². The van der Waals surface area contributed by atoms with Gasteiger partial charge in [-0.2, -0.15) is 0 Å². The summed E-state index contributed by atoms with van der Waals surface area (Å²) >= 11 is 0. The van der Waals surface area contributed by atoms with Crippen LogP contribution < -0.4 is 0 Å². The van der Waals surface area contributed by atoms with Gasteiger partial charge in [-0.3, -0.25) is 0 Å². The van der Waals surface area contributed by atoms with Gasteiger partial charge in [0.15, 0.2) is 6.29 Å². The van der Waals surface area contributed by atoms with Gasteiger partial charge in [-0.15, -0.1) is 0 Å². The van der Waals surface area contributed by atoms with E-state index in [4.69, 9.17) is 14.9 Å². The van der Waals surface area contributed by atoms with E-state index in [-0.39, 0.29) is 6.42 Å². The Kier molecular flexibility index (Phi) is 0.806. The summed E-state index contributed by atoms with van der Waals surface area (Å²) in [6, 6.07) is 0. The lowest BCUT2D eigenvalue weighted by molar-refractivity contribution is -0.101. The van der Waals surface area contributed by atoms with E-state index < -0.39 is 24.1 Å². The summed E-state index contributed by atoms with van der Waals surface area (Å²) in [5.41, 5.74) is -1.13. The fraction of sp³-hybridized carbons (Fsp3) is 1.00. The second-order valence-electron chi connectivity index (χ2n) is 2.65. The van der Waals surface area contributed by atoms with Crippen molar-refractivity contribution < 1.29 is 20.1 Å². The van der Waals surface area contributed by atoms with E-state index in [0.29, 0.717) is 0 Å². The predicted molar refractivity (Wildman–Crippen MR) is 26.5 cm³/mol. The maximum Gasteiger partial charge on any atom is 0.158 e. The molecule has 1 aliphatic heterocycles. The molecule has 1 heterocycles. The molecule has 1 aliphatic carbocycles. The molecule has 0 bridgehead atoms. The lowest BCUT2D eigenvalue weighted by Gasteiger charge is -2.05. The zero-order valence-electron chi connectivity index (χ0n) is 4.69. The summed E-state index contributed by atoms with van der Waals surface area (Å²) in [6.45, 7) is 0. The van der Waals surface area contributed by atoms with Crippen molar-refractivity contribution in [2.75, 3.05) is 0 Å². The molecule has 0 aromatic rings. The molecule has 2 rings (SSSR count). The third kappa shape index (κ3) is 0.513. The van der Waals surface area contributed by atoms with Crippen molar-refractivity contribution in [3.05, 3.63) is 0 Å². The van der Waals surface area contributed by atoms with Gasteiger partial charge in [-0.05, 0) is 0 Å². The third-order valence-corrected chi connectivity index (χ3v) is 1.99. The second-order valence-corrected chi connectivity index (χ2v) is 2.65. The Balaban J connectivity index is 2.12. The van der Waals surface area contributed by atoms with Crippen molar-refractivity contribution in [3.63, 3.8) is 0 Å². The summed E-state index contributed by atoms with van der Waals surface area (Å²) in [6.07, 6.45) is -2.06. The van der Waals surface area contributed by atoms with E-state index in [9.17, 15) is 5.11 Å². The lowest BCUT2D eigenvalue weighted by atomic mass is 10.2. The van der Waals surface area contributed by atoms with Crippen LogP contribution in [0.4, 0.5) is 0 Å². The van der Waals surface area contributed by atoms with Crippen LogP contribution in [0.15, 0.2) is 0 Å². The van der Waals surface area contributed by atoms with Crippen molar-refractivity contribution in [3.8, 4) is 0 Å². The van der Waals surface area contributed by atoms with Gasteiger partial charge in [0, 0.05) is 6.42 Å². The highest BCUT2D eigenvalue weighted by molar-refractivity contribution is 5.19. The molecule has 4 heteroatoms. The second kappa shape index (κ2) is 1.29. The molecule has 4 atom stereocenters. The molecule has 1 unspecified atom stereocenters. The van der Waals surface area contributed by atoms with E-state index in [1.165, 1.54) is 0 Å². The number of aliphatic hydroxyl groups is 3. The van der Waals surface area contributed by atoms with Crippen LogP contribution in [-0.4, -0.2) is 39.4 Å². The minimum absolute atomic E-state index is 0.138. The van der Waals surface area contributed by atoms with E-state index in [0.717, 1.165) is 0 Å². The Bertz CT molecular complexity index is 148.